The Morgan fingerprint density at radius 3 is 2.83 bits per heavy atom. The number of hydrogen-bond acceptors (Lipinski definition) is 6. The summed E-state index contributed by atoms with van der Waals surface area (Å²) in [5.74, 6) is 2.43. The summed E-state index contributed by atoms with van der Waals surface area (Å²) in [7, 11) is 0. The smallest absolute Gasteiger partial charge is 0.231 e. The first-order valence-corrected chi connectivity index (χ1v) is 9.50. The average molecular weight is 384 g/mol. The number of para-hydroxylation sites is 1. The van der Waals surface area contributed by atoms with Crippen molar-refractivity contribution in [2.75, 3.05) is 17.4 Å². The molecule has 6 nitrogen and oxygen atoms in total. The second-order valence-electron chi connectivity index (χ2n) is 6.82. The van der Waals surface area contributed by atoms with Gasteiger partial charge in [0, 0.05) is 42.1 Å². The molecule has 0 bridgehead atoms. The number of aromatic nitrogens is 2. The van der Waals surface area contributed by atoms with E-state index >= 15 is 0 Å². The first kappa shape index (κ1) is 17.3. The van der Waals surface area contributed by atoms with Gasteiger partial charge in [-0.25, -0.2) is 4.98 Å². The van der Waals surface area contributed by atoms with Gasteiger partial charge in [0.05, 0.1) is 5.52 Å². The third kappa shape index (κ3) is 3.78. The van der Waals surface area contributed by atoms with Crippen molar-refractivity contribution in [2.45, 2.75) is 13.1 Å². The summed E-state index contributed by atoms with van der Waals surface area (Å²) in [6.45, 7) is 1.63. The van der Waals surface area contributed by atoms with Gasteiger partial charge in [0.25, 0.3) is 0 Å². The minimum absolute atomic E-state index is 0.276. The normalized spacial score (nSPS) is 12.1. The summed E-state index contributed by atoms with van der Waals surface area (Å²) >= 11 is 0. The number of hydrogen-bond donors (Lipinski definition) is 2. The highest BCUT2D eigenvalue weighted by Gasteiger charge is 2.16. The minimum Gasteiger partial charge on any atom is -0.454 e. The van der Waals surface area contributed by atoms with Crippen LogP contribution in [0, 0.1) is 0 Å². The Labute approximate surface area is 168 Å². The standard InChI is InChI=1S/C23H20N4O2/c1-4-18(23-21(5-1)28-15-29-23)14-26-22-9-6-17-11-19(7-8-20(17)27-22)25-13-16-3-2-10-24-12-16/h1-12,25H,13-15H2,(H,26,27). The van der Waals surface area contributed by atoms with E-state index in [1.54, 1.807) is 6.20 Å². The average Bonchev–Trinajstić information content (AvgIpc) is 3.26. The van der Waals surface area contributed by atoms with E-state index in [-0.39, 0.29) is 6.79 Å². The van der Waals surface area contributed by atoms with Crippen LogP contribution in [0.1, 0.15) is 11.1 Å². The number of ether oxygens (including phenoxy) is 2. The SMILES string of the molecule is c1cncc(CNc2ccc3nc(NCc4cccc5c4OCO5)ccc3c2)c1. The van der Waals surface area contributed by atoms with Crippen molar-refractivity contribution < 1.29 is 9.47 Å². The second kappa shape index (κ2) is 7.67. The van der Waals surface area contributed by atoms with Crippen molar-refractivity contribution in [1.29, 1.82) is 0 Å². The summed E-state index contributed by atoms with van der Waals surface area (Å²) in [6.07, 6.45) is 3.65. The molecule has 0 radical (unpaired) electrons. The van der Waals surface area contributed by atoms with Crippen LogP contribution in [0.2, 0.25) is 0 Å². The summed E-state index contributed by atoms with van der Waals surface area (Å²) in [6, 6.07) is 20.2. The first-order valence-electron chi connectivity index (χ1n) is 9.50. The molecule has 2 aromatic carbocycles. The van der Waals surface area contributed by atoms with Crippen LogP contribution in [0.3, 0.4) is 0 Å². The zero-order valence-electron chi connectivity index (χ0n) is 15.8. The van der Waals surface area contributed by atoms with Gasteiger partial charge in [-0.15, -0.1) is 0 Å². The van der Waals surface area contributed by atoms with E-state index in [2.05, 4.69) is 33.8 Å². The number of fused-ring (bicyclic) bond motifs is 2. The molecule has 0 saturated carbocycles. The quantitative estimate of drug-likeness (QED) is 0.507. The number of pyridine rings is 2. The molecule has 0 saturated heterocycles. The Bertz CT molecular complexity index is 1150. The zero-order chi connectivity index (χ0) is 19.5. The van der Waals surface area contributed by atoms with Gasteiger partial charge < -0.3 is 20.1 Å². The highest BCUT2D eigenvalue weighted by molar-refractivity contribution is 5.83. The Kier molecular flexibility index (Phi) is 4.58. The van der Waals surface area contributed by atoms with E-state index in [1.165, 1.54) is 0 Å². The van der Waals surface area contributed by atoms with Gasteiger partial charge in [-0.3, -0.25) is 4.98 Å². The summed E-state index contributed by atoms with van der Waals surface area (Å²) in [4.78, 5) is 8.87. The Morgan fingerprint density at radius 2 is 1.90 bits per heavy atom. The van der Waals surface area contributed by atoms with E-state index in [0.717, 1.165) is 51.6 Å². The number of nitrogens with one attached hydrogen (secondary N) is 2. The van der Waals surface area contributed by atoms with Crippen LogP contribution in [0.25, 0.3) is 10.9 Å². The van der Waals surface area contributed by atoms with Crippen molar-refractivity contribution in [3.8, 4) is 11.5 Å². The number of rotatable bonds is 6. The van der Waals surface area contributed by atoms with Gasteiger partial charge in [0.2, 0.25) is 6.79 Å². The van der Waals surface area contributed by atoms with E-state index in [9.17, 15) is 0 Å². The maximum atomic E-state index is 5.56. The highest BCUT2D eigenvalue weighted by atomic mass is 16.7. The lowest BCUT2D eigenvalue weighted by atomic mass is 10.1. The van der Waals surface area contributed by atoms with Crippen molar-refractivity contribution in [3.05, 3.63) is 84.2 Å². The van der Waals surface area contributed by atoms with Crippen LogP contribution < -0.4 is 20.1 Å². The fourth-order valence-electron chi connectivity index (χ4n) is 3.36. The van der Waals surface area contributed by atoms with Gasteiger partial charge in [-0.05, 0) is 48.0 Å². The fourth-order valence-corrected chi connectivity index (χ4v) is 3.36. The number of anilines is 2. The number of nitrogens with zero attached hydrogens (tertiary/aromatic N) is 2. The van der Waals surface area contributed by atoms with Crippen molar-refractivity contribution in [3.63, 3.8) is 0 Å². The molecule has 4 aromatic rings. The van der Waals surface area contributed by atoms with Crippen LogP contribution in [-0.4, -0.2) is 16.8 Å². The van der Waals surface area contributed by atoms with Crippen LogP contribution in [0.15, 0.2) is 73.1 Å². The molecule has 0 fully saturated rings. The molecular formula is C23H20N4O2. The molecule has 5 rings (SSSR count). The molecular weight excluding hydrogens is 364 g/mol. The summed E-state index contributed by atoms with van der Waals surface area (Å²) in [5, 5.41) is 7.89. The minimum atomic E-state index is 0.276. The van der Waals surface area contributed by atoms with Gasteiger partial charge in [0.15, 0.2) is 11.5 Å². The summed E-state index contributed by atoms with van der Waals surface area (Å²) < 4.78 is 11.0. The van der Waals surface area contributed by atoms with Crippen molar-refractivity contribution >= 4 is 22.4 Å². The van der Waals surface area contributed by atoms with Crippen LogP contribution in [-0.2, 0) is 13.1 Å². The topological polar surface area (TPSA) is 68.3 Å². The summed E-state index contributed by atoms with van der Waals surface area (Å²) in [5.41, 5.74) is 4.20. The molecule has 0 atom stereocenters. The van der Waals surface area contributed by atoms with Crippen LogP contribution >= 0.6 is 0 Å². The third-order valence-electron chi connectivity index (χ3n) is 4.85. The molecule has 0 spiro atoms. The highest BCUT2D eigenvalue weighted by Crippen LogP contribution is 2.35. The lowest BCUT2D eigenvalue weighted by Gasteiger charge is -2.10. The van der Waals surface area contributed by atoms with Crippen molar-refractivity contribution in [2.24, 2.45) is 0 Å². The van der Waals surface area contributed by atoms with Crippen molar-refractivity contribution in [1.82, 2.24) is 9.97 Å². The van der Waals surface area contributed by atoms with Gasteiger partial charge in [-0.1, -0.05) is 18.2 Å². The molecule has 1 aliphatic heterocycles. The maximum absolute atomic E-state index is 5.56. The first-order chi connectivity index (χ1) is 14.3. The molecule has 0 amide bonds. The van der Waals surface area contributed by atoms with Gasteiger partial charge in [-0.2, -0.15) is 0 Å². The van der Waals surface area contributed by atoms with Crippen LogP contribution in [0.5, 0.6) is 11.5 Å². The largest absolute Gasteiger partial charge is 0.454 e. The lowest BCUT2D eigenvalue weighted by molar-refractivity contribution is 0.173. The maximum Gasteiger partial charge on any atom is 0.231 e. The van der Waals surface area contributed by atoms with E-state index < -0.39 is 0 Å². The fraction of sp³-hybridized carbons (Fsp3) is 0.130. The molecule has 2 N–H and O–H groups in total. The Hall–Kier alpha value is -3.80. The molecule has 2 aromatic heterocycles. The number of benzene rings is 2. The van der Waals surface area contributed by atoms with E-state index in [4.69, 9.17) is 14.5 Å². The molecule has 29 heavy (non-hydrogen) atoms. The molecule has 1 aliphatic rings. The van der Waals surface area contributed by atoms with E-state index in [0.29, 0.717) is 6.54 Å². The lowest BCUT2D eigenvalue weighted by Crippen LogP contribution is -2.03. The Balaban J connectivity index is 1.28. The molecule has 6 heteroatoms. The monoisotopic (exact) mass is 384 g/mol. The molecule has 0 aliphatic carbocycles. The molecule has 0 unspecified atom stereocenters. The zero-order valence-corrected chi connectivity index (χ0v) is 15.8. The second-order valence-corrected chi connectivity index (χ2v) is 6.82. The van der Waals surface area contributed by atoms with Gasteiger partial charge >= 0.3 is 0 Å². The third-order valence-corrected chi connectivity index (χ3v) is 4.85. The van der Waals surface area contributed by atoms with E-state index in [1.807, 2.05) is 48.7 Å². The predicted octanol–water partition coefficient (Wildman–Crippen LogP) is 4.58. The molecule has 3 heterocycles. The van der Waals surface area contributed by atoms with Crippen LogP contribution in [0.4, 0.5) is 11.5 Å². The molecule has 144 valence electrons. The van der Waals surface area contributed by atoms with Gasteiger partial charge in [0.1, 0.15) is 5.82 Å². The Morgan fingerprint density at radius 1 is 0.897 bits per heavy atom. The predicted molar refractivity (Wildman–Crippen MR) is 113 cm³/mol.